The van der Waals surface area contributed by atoms with Crippen LogP contribution in [-0.2, 0) is 11.3 Å². The minimum Gasteiger partial charge on any atom is -0.388 e. The molecule has 0 bridgehead atoms. The van der Waals surface area contributed by atoms with Gasteiger partial charge in [-0.1, -0.05) is 54.1 Å². The number of carbonyl (C=O) groups is 1. The number of hydrogen-bond acceptors (Lipinski definition) is 4. The molecule has 0 fully saturated rings. The number of carbonyl (C=O) groups excluding carboxylic acids is 1. The van der Waals surface area contributed by atoms with E-state index in [0.29, 0.717) is 17.7 Å². The first-order chi connectivity index (χ1) is 13.0. The molecular formula is C22H24N2O3. The highest BCUT2D eigenvalue weighted by Gasteiger charge is 2.08. The topological polar surface area (TPSA) is 61.2 Å². The van der Waals surface area contributed by atoms with Crippen molar-refractivity contribution in [2.75, 3.05) is 14.2 Å². The Morgan fingerprint density at radius 1 is 1.00 bits per heavy atom. The van der Waals surface area contributed by atoms with Crippen LogP contribution in [0, 0.1) is 13.8 Å². The van der Waals surface area contributed by atoms with E-state index in [-0.39, 0.29) is 5.56 Å². The van der Waals surface area contributed by atoms with Crippen LogP contribution in [0.1, 0.15) is 27.0 Å². The van der Waals surface area contributed by atoms with Gasteiger partial charge in [0, 0.05) is 30.9 Å². The Hall–Kier alpha value is -3.05. The van der Waals surface area contributed by atoms with Crippen molar-refractivity contribution in [2.24, 2.45) is 0 Å². The van der Waals surface area contributed by atoms with E-state index in [2.05, 4.69) is 9.84 Å². The number of hydrogen-bond donors (Lipinski definition) is 0. The van der Waals surface area contributed by atoms with Crippen LogP contribution in [0.4, 0.5) is 0 Å². The van der Waals surface area contributed by atoms with Crippen molar-refractivity contribution >= 4 is 6.29 Å². The second kappa shape index (κ2) is 9.59. The lowest BCUT2D eigenvalue weighted by Gasteiger charge is -2.10. The van der Waals surface area contributed by atoms with E-state index >= 15 is 0 Å². The summed E-state index contributed by atoms with van der Waals surface area (Å²) >= 11 is 0. The van der Waals surface area contributed by atoms with Gasteiger partial charge in [0.25, 0.3) is 5.56 Å². The van der Waals surface area contributed by atoms with E-state index in [1.807, 2.05) is 43.3 Å². The molecule has 0 saturated heterocycles. The summed E-state index contributed by atoms with van der Waals surface area (Å²) in [6.45, 7) is 4.25. The van der Waals surface area contributed by atoms with Crippen molar-refractivity contribution in [3.63, 3.8) is 0 Å². The molecular weight excluding hydrogens is 340 g/mol. The third kappa shape index (κ3) is 5.46. The molecule has 0 saturated carbocycles. The number of benzene rings is 2. The first kappa shape index (κ1) is 20.3. The fraction of sp³-hybridized carbons (Fsp3) is 0.227. The number of nitrogens with zero attached hydrogens (tertiary/aromatic N) is 2. The molecule has 27 heavy (non-hydrogen) atoms. The smallest absolute Gasteiger partial charge is 0.270 e. The normalized spacial score (nSPS) is 10.1. The molecule has 3 rings (SSSR count). The number of ether oxygens (including phenoxy) is 1. The lowest BCUT2D eigenvalue weighted by atomic mass is 10.1. The summed E-state index contributed by atoms with van der Waals surface area (Å²) in [5.74, 6) is 0. The Morgan fingerprint density at radius 3 is 2.15 bits per heavy atom. The second-order valence-electron chi connectivity index (χ2n) is 6.31. The molecule has 1 heterocycles. The predicted octanol–water partition coefficient (Wildman–Crippen LogP) is 3.65. The molecule has 5 heteroatoms. The van der Waals surface area contributed by atoms with Gasteiger partial charge in [-0.25, -0.2) is 4.68 Å². The van der Waals surface area contributed by atoms with Crippen LogP contribution in [0.3, 0.4) is 0 Å². The maximum absolute atomic E-state index is 12.4. The highest BCUT2D eigenvalue weighted by molar-refractivity contribution is 5.76. The fourth-order valence-corrected chi connectivity index (χ4v) is 2.52. The molecule has 0 N–H and O–H groups in total. The third-order valence-electron chi connectivity index (χ3n) is 3.95. The van der Waals surface area contributed by atoms with Gasteiger partial charge in [0.15, 0.2) is 0 Å². The summed E-state index contributed by atoms with van der Waals surface area (Å²) in [6.07, 6.45) is 0.806. The standard InChI is InChI=1S/C20H18N2O2.C2H6O/c1-14-3-5-16(6-4-14)12-22-20(24)15(2)11-19(21-22)18-9-7-17(13-23)8-10-18;1-3-2/h3-11,13H,12H2,1-2H3;1-2H3. The van der Waals surface area contributed by atoms with Crippen LogP contribution < -0.4 is 5.56 Å². The number of aryl methyl sites for hydroxylation is 2. The molecule has 2 aromatic carbocycles. The zero-order valence-corrected chi connectivity index (χ0v) is 16.1. The van der Waals surface area contributed by atoms with E-state index < -0.39 is 0 Å². The van der Waals surface area contributed by atoms with Crippen molar-refractivity contribution in [3.05, 3.63) is 87.2 Å². The van der Waals surface area contributed by atoms with Gasteiger partial charge in [0.1, 0.15) is 6.29 Å². The van der Waals surface area contributed by atoms with Crippen LogP contribution >= 0.6 is 0 Å². The van der Waals surface area contributed by atoms with E-state index in [4.69, 9.17) is 0 Å². The first-order valence-electron chi connectivity index (χ1n) is 8.58. The molecule has 0 unspecified atom stereocenters. The average Bonchev–Trinajstić information content (AvgIpc) is 2.67. The van der Waals surface area contributed by atoms with Crippen LogP contribution in [0.15, 0.2) is 59.4 Å². The Bertz CT molecular complexity index is 943. The van der Waals surface area contributed by atoms with Crippen LogP contribution in [-0.4, -0.2) is 30.3 Å². The molecule has 0 aliphatic carbocycles. The van der Waals surface area contributed by atoms with Crippen LogP contribution in [0.5, 0.6) is 0 Å². The number of aldehydes is 1. The molecule has 0 aliphatic rings. The Balaban J connectivity index is 0.000000817. The molecule has 0 atom stereocenters. The first-order valence-corrected chi connectivity index (χ1v) is 8.58. The van der Waals surface area contributed by atoms with Gasteiger partial charge in [-0.3, -0.25) is 9.59 Å². The molecule has 1 aromatic heterocycles. The van der Waals surface area contributed by atoms with Crippen molar-refractivity contribution in [1.82, 2.24) is 9.78 Å². The molecule has 140 valence electrons. The average molecular weight is 364 g/mol. The SMILES string of the molecule is COC.Cc1ccc(Cn2nc(-c3ccc(C=O)cc3)cc(C)c2=O)cc1. The van der Waals surface area contributed by atoms with Crippen LogP contribution in [0.2, 0.25) is 0 Å². The monoisotopic (exact) mass is 364 g/mol. The predicted molar refractivity (Wildman–Crippen MR) is 107 cm³/mol. The lowest BCUT2D eigenvalue weighted by molar-refractivity contribution is 0.112. The highest BCUT2D eigenvalue weighted by atomic mass is 16.4. The summed E-state index contributed by atoms with van der Waals surface area (Å²) in [5.41, 5.74) is 4.97. The van der Waals surface area contributed by atoms with Crippen molar-refractivity contribution in [2.45, 2.75) is 20.4 Å². The van der Waals surface area contributed by atoms with Crippen LogP contribution in [0.25, 0.3) is 11.3 Å². The van der Waals surface area contributed by atoms with Crippen molar-refractivity contribution < 1.29 is 9.53 Å². The van der Waals surface area contributed by atoms with Crippen molar-refractivity contribution in [1.29, 1.82) is 0 Å². The lowest BCUT2D eigenvalue weighted by Crippen LogP contribution is -2.25. The number of methoxy groups -OCH3 is 1. The van der Waals surface area contributed by atoms with Gasteiger partial charge in [-0.05, 0) is 25.5 Å². The Kier molecular flexibility index (Phi) is 7.20. The van der Waals surface area contributed by atoms with Gasteiger partial charge in [0.05, 0.1) is 12.2 Å². The molecule has 0 radical (unpaired) electrons. The number of aromatic nitrogens is 2. The van der Waals surface area contributed by atoms with Gasteiger partial charge in [-0.2, -0.15) is 5.10 Å². The maximum Gasteiger partial charge on any atom is 0.270 e. The van der Waals surface area contributed by atoms with E-state index in [1.165, 1.54) is 10.2 Å². The summed E-state index contributed by atoms with van der Waals surface area (Å²) in [5, 5.41) is 4.49. The second-order valence-corrected chi connectivity index (χ2v) is 6.31. The third-order valence-corrected chi connectivity index (χ3v) is 3.95. The van der Waals surface area contributed by atoms with E-state index in [0.717, 1.165) is 23.1 Å². The van der Waals surface area contributed by atoms with E-state index in [1.54, 1.807) is 39.3 Å². The zero-order chi connectivity index (χ0) is 19.8. The van der Waals surface area contributed by atoms with Gasteiger partial charge in [-0.15, -0.1) is 0 Å². The largest absolute Gasteiger partial charge is 0.388 e. The quantitative estimate of drug-likeness (QED) is 0.663. The minimum absolute atomic E-state index is 0.0937. The van der Waals surface area contributed by atoms with Gasteiger partial charge >= 0.3 is 0 Å². The maximum atomic E-state index is 12.4. The fourth-order valence-electron chi connectivity index (χ4n) is 2.52. The summed E-state index contributed by atoms with van der Waals surface area (Å²) in [7, 11) is 3.25. The molecule has 5 nitrogen and oxygen atoms in total. The number of rotatable bonds is 4. The minimum atomic E-state index is -0.0937. The Morgan fingerprint density at radius 2 is 1.59 bits per heavy atom. The molecule has 0 spiro atoms. The molecule has 0 amide bonds. The summed E-state index contributed by atoms with van der Waals surface area (Å²) in [4.78, 5) is 23.2. The zero-order valence-electron chi connectivity index (χ0n) is 16.1. The highest BCUT2D eigenvalue weighted by Crippen LogP contribution is 2.17. The summed E-state index contributed by atoms with van der Waals surface area (Å²) in [6, 6.07) is 17.0. The molecule has 3 aromatic rings. The van der Waals surface area contributed by atoms with Gasteiger partial charge < -0.3 is 4.74 Å². The van der Waals surface area contributed by atoms with E-state index in [9.17, 15) is 9.59 Å². The summed E-state index contributed by atoms with van der Waals surface area (Å²) < 4.78 is 5.74. The molecule has 0 aliphatic heterocycles. The van der Waals surface area contributed by atoms with Gasteiger partial charge in [0.2, 0.25) is 0 Å². The Labute approximate surface area is 159 Å². The van der Waals surface area contributed by atoms with Crippen molar-refractivity contribution in [3.8, 4) is 11.3 Å².